The molecule has 0 N–H and O–H groups in total. The van der Waals surface area contributed by atoms with Gasteiger partial charge in [0.15, 0.2) is 0 Å². The lowest BCUT2D eigenvalue weighted by Crippen LogP contribution is -2.33. The first-order chi connectivity index (χ1) is 12.1. The normalized spacial score (nSPS) is 17.2. The molecular formula is C20H17NO3S. The SMILES string of the molecule is Cc1ccc(C2SCCN2C(=O)c2cc3ccccc3oc2=O)cc1. The Hall–Kier alpha value is -2.53. The van der Waals surface area contributed by atoms with Crippen molar-refractivity contribution in [2.75, 3.05) is 12.3 Å². The first-order valence-corrected chi connectivity index (χ1v) is 9.20. The summed E-state index contributed by atoms with van der Waals surface area (Å²) >= 11 is 1.71. The molecule has 1 aromatic heterocycles. The third-order valence-electron chi connectivity index (χ3n) is 4.39. The molecule has 0 spiro atoms. The van der Waals surface area contributed by atoms with Crippen LogP contribution in [0.1, 0.15) is 26.9 Å². The number of nitrogens with zero attached hydrogens (tertiary/aromatic N) is 1. The third-order valence-corrected chi connectivity index (χ3v) is 5.65. The lowest BCUT2D eigenvalue weighted by Gasteiger charge is -2.24. The van der Waals surface area contributed by atoms with E-state index in [1.807, 2.05) is 43.3 Å². The van der Waals surface area contributed by atoms with E-state index in [9.17, 15) is 9.59 Å². The van der Waals surface area contributed by atoms with E-state index < -0.39 is 5.63 Å². The van der Waals surface area contributed by atoms with Gasteiger partial charge in [-0.3, -0.25) is 4.79 Å². The summed E-state index contributed by atoms with van der Waals surface area (Å²) in [7, 11) is 0. The molecule has 1 amide bonds. The molecule has 0 saturated carbocycles. The number of thioether (sulfide) groups is 1. The van der Waals surface area contributed by atoms with Crippen molar-refractivity contribution in [3.63, 3.8) is 0 Å². The second-order valence-corrected chi connectivity index (χ2v) is 7.31. The zero-order valence-electron chi connectivity index (χ0n) is 13.8. The van der Waals surface area contributed by atoms with Crippen LogP contribution in [0.5, 0.6) is 0 Å². The number of carbonyl (C=O) groups excluding carboxylic acids is 1. The summed E-state index contributed by atoms with van der Waals surface area (Å²) in [5.41, 5.74) is 2.27. The van der Waals surface area contributed by atoms with Gasteiger partial charge in [0.25, 0.3) is 5.91 Å². The Labute approximate surface area is 149 Å². The highest BCUT2D eigenvalue weighted by Crippen LogP contribution is 2.38. The van der Waals surface area contributed by atoms with Crippen molar-refractivity contribution in [2.45, 2.75) is 12.3 Å². The summed E-state index contributed by atoms with van der Waals surface area (Å²) in [5, 5.41) is 0.683. The average Bonchev–Trinajstić information content (AvgIpc) is 3.11. The Bertz CT molecular complexity index is 994. The van der Waals surface area contributed by atoms with E-state index in [-0.39, 0.29) is 16.8 Å². The van der Waals surface area contributed by atoms with Crippen molar-refractivity contribution in [1.29, 1.82) is 0 Å². The molecule has 2 heterocycles. The molecule has 4 nitrogen and oxygen atoms in total. The molecule has 126 valence electrons. The van der Waals surface area contributed by atoms with Crippen molar-refractivity contribution < 1.29 is 9.21 Å². The lowest BCUT2D eigenvalue weighted by molar-refractivity contribution is 0.0756. The fourth-order valence-corrected chi connectivity index (χ4v) is 4.31. The maximum absolute atomic E-state index is 13.0. The van der Waals surface area contributed by atoms with Crippen molar-refractivity contribution in [3.8, 4) is 0 Å². The predicted octanol–water partition coefficient (Wildman–Crippen LogP) is 3.99. The highest BCUT2D eigenvalue weighted by Gasteiger charge is 2.32. The van der Waals surface area contributed by atoms with E-state index in [1.54, 1.807) is 34.9 Å². The predicted molar refractivity (Wildman–Crippen MR) is 99.9 cm³/mol. The zero-order valence-corrected chi connectivity index (χ0v) is 14.6. The van der Waals surface area contributed by atoms with Crippen molar-refractivity contribution in [3.05, 3.63) is 81.7 Å². The molecule has 2 aromatic carbocycles. The van der Waals surface area contributed by atoms with Gasteiger partial charge in [0.05, 0.1) is 0 Å². The summed E-state index contributed by atoms with van der Waals surface area (Å²) in [4.78, 5) is 27.1. The van der Waals surface area contributed by atoms with Crippen molar-refractivity contribution >= 4 is 28.6 Å². The Kier molecular flexibility index (Phi) is 4.09. The largest absolute Gasteiger partial charge is 0.422 e. The van der Waals surface area contributed by atoms with E-state index >= 15 is 0 Å². The number of rotatable bonds is 2. The topological polar surface area (TPSA) is 50.5 Å². The molecule has 1 aliphatic rings. The average molecular weight is 351 g/mol. The summed E-state index contributed by atoms with van der Waals surface area (Å²) in [6.45, 7) is 2.66. The van der Waals surface area contributed by atoms with Gasteiger partial charge in [-0.05, 0) is 24.6 Å². The fraction of sp³-hybridized carbons (Fsp3) is 0.200. The van der Waals surface area contributed by atoms with Gasteiger partial charge in [0.1, 0.15) is 16.5 Å². The van der Waals surface area contributed by atoms with Gasteiger partial charge < -0.3 is 9.32 Å². The molecular weight excluding hydrogens is 334 g/mol. The van der Waals surface area contributed by atoms with Gasteiger partial charge >= 0.3 is 5.63 Å². The molecule has 1 aliphatic heterocycles. The van der Waals surface area contributed by atoms with Crippen LogP contribution >= 0.6 is 11.8 Å². The van der Waals surface area contributed by atoms with E-state index in [2.05, 4.69) is 0 Å². The van der Waals surface area contributed by atoms with Gasteiger partial charge in [-0.2, -0.15) is 0 Å². The number of carbonyl (C=O) groups is 1. The standard InChI is InChI=1S/C20H17NO3S/c1-13-6-8-14(9-7-13)19-21(10-11-25-19)18(22)16-12-15-4-2-3-5-17(15)24-20(16)23/h2-9,12,19H,10-11H2,1H3. The minimum absolute atomic E-state index is 0.0704. The maximum atomic E-state index is 13.0. The van der Waals surface area contributed by atoms with Gasteiger partial charge in [0.2, 0.25) is 0 Å². The van der Waals surface area contributed by atoms with Crippen LogP contribution in [-0.2, 0) is 0 Å². The highest BCUT2D eigenvalue weighted by atomic mass is 32.2. The van der Waals surface area contributed by atoms with Crippen LogP contribution in [0, 0.1) is 6.92 Å². The smallest absolute Gasteiger partial charge is 0.349 e. The number of aryl methyl sites for hydroxylation is 1. The molecule has 1 atom stereocenters. The molecule has 0 bridgehead atoms. The summed E-state index contributed by atoms with van der Waals surface area (Å²) in [5.74, 6) is 0.582. The zero-order chi connectivity index (χ0) is 17.4. The number of para-hydroxylation sites is 1. The van der Waals surface area contributed by atoms with Crippen LogP contribution in [0.3, 0.4) is 0 Å². The van der Waals surface area contributed by atoms with Crippen LogP contribution in [-0.4, -0.2) is 23.1 Å². The van der Waals surface area contributed by atoms with Gasteiger partial charge in [-0.25, -0.2) is 4.79 Å². The second-order valence-electron chi connectivity index (χ2n) is 6.12. The molecule has 4 rings (SSSR count). The van der Waals surface area contributed by atoms with Crippen LogP contribution in [0.15, 0.2) is 63.8 Å². The molecule has 0 aliphatic carbocycles. The summed E-state index contributed by atoms with van der Waals surface area (Å²) in [6, 6.07) is 17.0. The van der Waals surface area contributed by atoms with E-state index in [1.165, 1.54) is 5.56 Å². The summed E-state index contributed by atoms with van der Waals surface area (Å²) < 4.78 is 5.32. The number of hydrogen-bond donors (Lipinski definition) is 0. The first kappa shape index (κ1) is 16.0. The van der Waals surface area contributed by atoms with Crippen molar-refractivity contribution in [2.24, 2.45) is 0 Å². The molecule has 0 radical (unpaired) electrons. The van der Waals surface area contributed by atoms with Gasteiger partial charge in [-0.1, -0.05) is 48.0 Å². The van der Waals surface area contributed by atoms with Crippen LogP contribution in [0.4, 0.5) is 0 Å². The van der Waals surface area contributed by atoms with Crippen LogP contribution in [0.25, 0.3) is 11.0 Å². The Balaban J connectivity index is 1.71. The fourth-order valence-electron chi connectivity index (χ4n) is 3.05. The number of fused-ring (bicyclic) bond motifs is 1. The van der Waals surface area contributed by atoms with E-state index in [0.29, 0.717) is 12.1 Å². The highest BCUT2D eigenvalue weighted by molar-refractivity contribution is 7.99. The second kappa shape index (κ2) is 6.41. The molecule has 5 heteroatoms. The number of hydrogen-bond acceptors (Lipinski definition) is 4. The van der Waals surface area contributed by atoms with Crippen LogP contribution < -0.4 is 5.63 Å². The van der Waals surface area contributed by atoms with Crippen LogP contribution in [0.2, 0.25) is 0 Å². The molecule has 25 heavy (non-hydrogen) atoms. The number of benzene rings is 2. The Morgan fingerprint density at radius 1 is 1.16 bits per heavy atom. The Morgan fingerprint density at radius 2 is 1.92 bits per heavy atom. The lowest BCUT2D eigenvalue weighted by atomic mass is 10.1. The van der Waals surface area contributed by atoms with E-state index in [4.69, 9.17) is 4.42 Å². The third kappa shape index (κ3) is 2.96. The van der Waals surface area contributed by atoms with Gasteiger partial charge in [0, 0.05) is 17.7 Å². The van der Waals surface area contributed by atoms with Crippen molar-refractivity contribution in [1.82, 2.24) is 4.90 Å². The maximum Gasteiger partial charge on any atom is 0.349 e. The molecule has 1 saturated heterocycles. The molecule has 1 fully saturated rings. The minimum atomic E-state index is -0.580. The number of amides is 1. The van der Waals surface area contributed by atoms with Gasteiger partial charge in [-0.15, -0.1) is 11.8 Å². The van der Waals surface area contributed by atoms with E-state index in [0.717, 1.165) is 16.7 Å². The Morgan fingerprint density at radius 3 is 2.72 bits per heavy atom. The first-order valence-electron chi connectivity index (χ1n) is 8.15. The molecule has 1 unspecified atom stereocenters. The quantitative estimate of drug-likeness (QED) is 0.655. The minimum Gasteiger partial charge on any atom is -0.422 e. The monoisotopic (exact) mass is 351 g/mol. The summed E-state index contributed by atoms with van der Waals surface area (Å²) in [6.07, 6.45) is 0. The molecule has 3 aromatic rings.